The van der Waals surface area contributed by atoms with Gasteiger partial charge in [0, 0.05) is 13.6 Å². The summed E-state index contributed by atoms with van der Waals surface area (Å²) in [6, 6.07) is 8.71. The summed E-state index contributed by atoms with van der Waals surface area (Å²) in [5, 5.41) is 11.5. The van der Waals surface area contributed by atoms with Crippen LogP contribution in [0.4, 0.5) is 0 Å². The van der Waals surface area contributed by atoms with Crippen molar-refractivity contribution in [3.63, 3.8) is 0 Å². The Bertz CT molecular complexity index is 565. The molecule has 1 atom stereocenters. The van der Waals surface area contributed by atoms with E-state index in [1.807, 2.05) is 18.2 Å². The smallest absolute Gasteiger partial charge is 0.246 e. The van der Waals surface area contributed by atoms with Gasteiger partial charge in [0.1, 0.15) is 11.8 Å². The standard InChI is InChI=1S/C14H15N3O3/c1-17-13(18)8-12(14(17)19)16-9-10-3-2-4-11(7-10)20-6-5-15/h2-4,7,12,16H,6,8-9H2,1H3. The first-order valence-electron chi connectivity index (χ1n) is 6.24. The van der Waals surface area contributed by atoms with E-state index in [0.29, 0.717) is 12.3 Å². The molecule has 1 saturated heterocycles. The van der Waals surface area contributed by atoms with Gasteiger partial charge in [-0.3, -0.25) is 14.5 Å². The second kappa shape index (κ2) is 6.17. The van der Waals surface area contributed by atoms with Crippen LogP contribution in [0.1, 0.15) is 12.0 Å². The number of imide groups is 1. The summed E-state index contributed by atoms with van der Waals surface area (Å²) in [4.78, 5) is 24.3. The highest BCUT2D eigenvalue weighted by Crippen LogP contribution is 2.15. The Morgan fingerprint density at radius 2 is 2.30 bits per heavy atom. The van der Waals surface area contributed by atoms with Crippen molar-refractivity contribution >= 4 is 11.8 Å². The Morgan fingerprint density at radius 3 is 2.95 bits per heavy atom. The van der Waals surface area contributed by atoms with Crippen molar-refractivity contribution in [3.05, 3.63) is 29.8 Å². The van der Waals surface area contributed by atoms with Gasteiger partial charge in [-0.25, -0.2) is 0 Å². The molecule has 0 aromatic heterocycles. The number of hydrogen-bond donors (Lipinski definition) is 1. The molecule has 0 spiro atoms. The summed E-state index contributed by atoms with van der Waals surface area (Å²) in [5.41, 5.74) is 0.926. The molecule has 2 rings (SSSR count). The van der Waals surface area contributed by atoms with Gasteiger partial charge in [0.2, 0.25) is 11.8 Å². The number of nitriles is 1. The summed E-state index contributed by atoms with van der Waals surface area (Å²) in [6.07, 6.45) is 0.194. The lowest BCUT2D eigenvalue weighted by atomic mass is 10.2. The van der Waals surface area contributed by atoms with E-state index in [9.17, 15) is 9.59 Å². The van der Waals surface area contributed by atoms with E-state index in [0.717, 1.165) is 10.5 Å². The molecule has 1 unspecified atom stereocenters. The molecule has 6 heteroatoms. The van der Waals surface area contributed by atoms with Gasteiger partial charge in [-0.15, -0.1) is 0 Å². The highest BCUT2D eigenvalue weighted by Gasteiger charge is 2.35. The number of rotatable bonds is 5. The fourth-order valence-electron chi connectivity index (χ4n) is 2.02. The molecule has 1 aromatic rings. The van der Waals surface area contributed by atoms with Crippen LogP contribution in [0.15, 0.2) is 24.3 Å². The van der Waals surface area contributed by atoms with Crippen molar-refractivity contribution in [2.24, 2.45) is 0 Å². The predicted octanol–water partition coefficient (Wildman–Crippen LogP) is 0.436. The zero-order valence-electron chi connectivity index (χ0n) is 11.1. The minimum atomic E-state index is -0.462. The molecule has 0 radical (unpaired) electrons. The maximum atomic E-state index is 11.7. The first kappa shape index (κ1) is 14.0. The molecule has 1 heterocycles. The van der Waals surface area contributed by atoms with Gasteiger partial charge in [-0.2, -0.15) is 5.26 Å². The first-order valence-corrected chi connectivity index (χ1v) is 6.24. The summed E-state index contributed by atoms with van der Waals surface area (Å²) >= 11 is 0. The zero-order chi connectivity index (χ0) is 14.5. The van der Waals surface area contributed by atoms with Gasteiger partial charge in [0.15, 0.2) is 6.61 Å². The Hall–Kier alpha value is -2.39. The maximum Gasteiger partial charge on any atom is 0.246 e. The molecule has 0 saturated carbocycles. The maximum absolute atomic E-state index is 11.7. The topological polar surface area (TPSA) is 82.4 Å². The van der Waals surface area contributed by atoms with Crippen LogP contribution in [0.2, 0.25) is 0 Å². The Labute approximate surface area is 116 Å². The van der Waals surface area contributed by atoms with Crippen molar-refractivity contribution in [1.29, 1.82) is 5.26 Å². The fraction of sp³-hybridized carbons (Fsp3) is 0.357. The number of carbonyl (C=O) groups is 2. The summed E-state index contributed by atoms with van der Waals surface area (Å²) < 4.78 is 5.20. The van der Waals surface area contributed by atoms with Crippen LogP contribution in [0, 0.1) is 11.3 Å². The lowest BCUT2D eigenvalue weighted by Crippen LogP contribution is -2.36. The van der Waals surface area contributed by atoms with Gasteiger partial charge < -0.3 is 10.1 Å². The third-order valence-corrected chi connectivity index (χ3v) is 3.14. The largest absolute Gasteiger partial charge is 0.479 e. The van der Waals surface area contributed by atoms with E-state index < -0.39 is 6.04 Å². The molecule has 0 bridgehead atoms. The molecule has 1 N–H and O–H groups in total. The number of amides is 2. The van der Waals surface area contributed by atoms with Gasteiger partial charge in [-0.05, 0) is 17.7 Å². The Balaban J connectivity index is 1.93. The van der Waals surface area contributed by atoms with E-state index in [1.165, 1.54) is 7.05 Å². The number of nitrogens with one attached hydrogen (secondary N) is 1. The molecular formula is C14H15N3O3. The van der Waals surface area contributed by atoms with Gasteiger partial charge in [-0.1, -0.05) is 12.1 Å². The van der Waals surface area contributed by atoms with Crippen LogP contribution in [-0.2, 0) is 16.1 Å². The van der Waals surface area contributed by atoms with Crippen molar-refractivity contribution in [2.75, 3.05) is 13.7 Å². The minimum Gasteiger partial charge on any atom is -0.479 e. The number of likely N-dealkylation sites (N-methyl/N-ethyl adjacent to an activating group) is 1. The van der Waals surface area contributed by atoms with Gasteiger partial charge in [0.05, 0.1) is 12.5 Å². The van der Waals surface area contributed by atoms with Crippen molar-refractivity contribution in [2.45, 2.75) is 19.0 Å². The van der Waals surface area contributed by atoms with E-state index in [-0.39, 0.29) is 24.8 Å². The number of hydrogen-bond acceptors (Lipinski definition) is 5. The summed E-state index contributed by atoms with van der Waals surface area (Å²) in [7, 11) is 1.49. The SMILES string of the molecule is CN1C(=O)CC(NCc2cccc(OCC#N)c2)C1=O. The van der Waals surface area contributed by atoms with Crippen LogP contribution in [-0.4, -0.2) is 36.4 Å². The highest BCUT2D eigenvalue weighted by atomic mass is 16.5. The Morgan fingerprint density at radius 1 is 1.50 bits per heavy atom. The molecule has 1 aliphatic heterocycles. The van der Waals surface area contributed by atoms with Gasteiger partial charge in [0.25, 0.3) is 0 Å². The normalized spacial score (nSPS) is 18.2. The number of nitrogens with zero attached hydrogens (tertiary/aromatic N) is 2. The third-order valence-electron chi connectivity index (χ3n) is 3.14. The average molecular weight is 273 g/mol. The highest BCUT2D eigenvalue weighted by molar-refractivity contribution is 6.05. The minimum absolute atomic E-state index is 0.00269. The molecule has 20 heavy (non-hydrogen) atoms. The van der Waals surface area contributed by atoms with Crippen LogP contribution in [0.25, 0.3) is 0 Å². The number of carbonyl (C=O) groups excluding carboxylic acids is 2. The van der Waals surface area contributed by atoms with E-state index in [4.69, 9.17) is 10.00 Å². The van der Waals surface area contributed by atoms with Crippen molar-refractivity contribution in [3.8, 4) is 11.8 Å². The molecule has 1 fully saturated rings. The van der Waals surface area contributed by atoms with Crippen LogP contribution in [0.3, 0.4) is 0 Å². The average Bonchev–Trinajstić information content (AvgIpc) is 2.71. The molecule has 0 aliphatic carbocycles. The monoisotopic (exact) mass is 273 g/mol. The van der Waals surface area contributed by atoms with Gasteiger partial charge >= 0.3 is 0 Å². The quantitative estimate of drug-likeness (QED) is 0.787. The number of ether oxygens (including phenoxy) is 1. The van der Waals surface area contributed by atoms with E-state index in [2.05, 4.69) is 5.32 Å². The van der Waals surface area contributed by atoms with Crippen molar-refractivity contribution < 1.29 is 14.3 Å². The summed E-state index contributed by atoms with van der Waals surface area (Å²) in [5.74, 6) is 0.238. The molecule has 6 nitrogen and oxygen atoms in total. The lowest BCUT2D eigenvalue weighted by molar-refractivity contribution is -0.137. The zero-order valence-corrected chi connectivity index (χ0v) is 11.1. The fourth-order valence-corrected chi connectivity index (χ4v) is 2.02. The van der Waals surface area contributed by atoms with Crippen LogP contribution < -0.4 is 10.1 Å². The number of likely N-dealkylation sites (tertiary alicyclic amines) is 1. The number of benzene rings is 1. The predicted molar refractivity (Wildman–Crippen MR) is 70.6 cm³/mol. The Kier molecular flexibility index (Phi) is 4.33. The molecule has 1 aliphatic rings. The first-order chi connectivity index (χ1) is 9.61. The molecule has 2 amide bonds. The lowest BCUT2D eigenvalue weighted by Gasteiger charge is -2.11. The van der Waals surface area contributed by atoms with E-state index >= 15 is 0 Å². The second-order valence-electron chi connectivity index (χ2n) is 4.52. The van der Waals surface area contributed by atoms with Crippen LogP contribution >= 0.6 is 0 Å². The van der Waals surface area contributed by atoms with E-state index in [1.54, 1.807) is 12.1 Å². The summed E-state index contributed by atoms with van der Waals surface area (Å²) in [6.45, 7) is 0.457. The molecule has 104 valence electrons. The molecular weight excluding hydrogens is 258 g/mol. The third kappa shape index (κ3) is 3.13. The van der Waals surface area contributed by atoms with Crippen LogP contribution in [0.5, 0.6) is 5.75 Å². The van der Waals surface area contributed by atoms with Crippen molar-refractivity contribution in [1.82, 2.24) is 10.2 Å². The molecule has 1 aromatic carbocycles. The second-order valence-corrected chi connectivity index (χ2v) is 4.52.